The average Bonchev–Trinajstić information content (AvgIpc) is 3.01. The molecule has 5 nitrogen and oxygen atoms in total. The molecule has 1 aromatic heterocycles. The van der Waals surface area contributed by atoms with Crippen molar-refractivity contribution in [1.29, 1.82) is 0 Å². The maximum atomic E-state index is 12.2. The Kier molecular flexibility index (Phi) is 3.97. The van der Waals surface area contributed by atoms with Crippen molar-refractivity contribution in [3.05, 3.63) is 59.7 Å². The maximum Gasteiger partial charge on any atom is 0.338 e. The summed E-state index contributed by atoms with van der Waals surface area (Å²) in [6.07, 6.45) is -0.132. The van der Waals surface area contributed by atoms with Gasteiger partial charge < -0.3 is 9.64 Å². The van der Waals surface area contributed by atoms with Crippen molar-refractivity contribution in [2.24, 2.45) is 0 Å². The van der Waals surface area contributed by atoms with Crippen LogP contribution in [0, 0.1) is 0 Å². The number of benzene rings is 2. The van der Waals surface area contributed by atoms with Gasteiger partial charge in [-0.1, -0.05) is 35.6 Å². The van der Waals surface area contributed by atoms with Crippen molar-refractivity contribution in [3.8, 4) is 0 Å². The van der Waals surface area contributed by atoms with E-state index in [0.717, 1.165) is 15.3 Å². The van der Waals surface area contributed by atoms with Gasteiger partial charge in [-0.3, -0.25) is 4.79 Å². The van der Waals surface area contributed by atoms with E-state index in [2.05, 4.69) is 16.0 Å². The second-order valence-electron chi connectivity index (χ2n) is 6.03. The Morgan fingerprint density at radius 2 is 1.76 bits per heavy atom. The summed E-state index contributed by atoms with van der Waals surface area (Å²) in [6.45, 7) is 2.80. The second-order valence-corrected chi connectivity index (χ2v) is 7.04. The molecule has 0 unspecified atom stereocenters. The molecule has 0 saturated carbocycles. The van der Waals surface area contributed by atoms with E-state index in [1.807, 2.05) is 18.2 Å². The molecule has 0 radical (unpaired) electrons. The van der Waals surface area contributed by atoms with Crippen molar-refractivity contribution in [2.75, 3.05) is 18.0 Å². The van der Waals surface area contributed by atoms with E-state index in [1.54, 1.807) is 35.6 Å². The molecule has 6 heteroatoms. The van der Waals surface area contributed by atoms with E-state index >= 15 is 0 Å². The number of esters is 1. The molecule has 0 atom stereocenters. The van der Waals surface area contributed by atoms with Crippen LogP contribution in [0.15, 0.2) is 48.5 Å². The minimum Gasteiger partial charge on any atom is -0.455 e. The van der Waals surface area contributed by atoms with E-state index in [0.29, 0.717) is 24.2 Å². The summed E-state index contributed by atoms with van der Waals surface area (Å²) in [7, 11) is 0. The number of rotatable bonds is 4. The van der Waals surface area contributed by atoms with Gasteiger partial charge in [0.25, 0.3) is 0 Å². The third kappa shape index (κ3) is 3.13. The normalized spacial score (nSPS) is 14.4. The monoisotopic (exact) mass is 352 g/mol. The molecule has 0 N–H and O–H groups in total. The van der Waals surface area contributed by atoms with Crippen molar-refractivity contribution < 1.29 is 14.3 Å². The van der Waals surface area contributed by atoms with Crippen LogP contribution in [0.5, 0.6) is 0 Å². The summed E-state index contributed by atoms with van der Waals surface area (Å²) in [4.78, 5) is 30.2. The summed E-state index contributed by atoms with van der Waals surface area (Å²) < 4.78 is 6.67. The van der Waals surface area contributed by atoms with E-state index in [4.69, 9.17) is 4.74 Å². The lowest BCUT2D eigenvalue weighted by atomic mass is 10.1. The highest BCUT2D eigenvalue weighted by Crippen LogP contribution is 2.31. The van der Waals surface area contributed by atoms with Crippen molar-refractivity contribution in [2.45, 2.75) is 13.0 Å². The van der Waals surface area contributed by atoms with E-state index in [1.165, 1.54) is 6.92 Å². The highest BCUT2D eigenvalue weighted by Gasteiger charge is 2.32. The fourth-order valence-corrected chi connectivity index (χ4v) is 3.71. The van der Waals surface area contributed by atoms with Crippen LogP contribution in [0.25, 0.3) is 10.2 Å². The molecule has 25 heavy (non-hydrogen) atoms. The third-order valence-corrected chi connectivity index (χ3v) is 5.30. The van der Waals surface area contributed by atoms with Crippen LogP contribution in [0.1, 0.15) is 27.6 Å². The number of fused-ring (bicyclic) bond motifs is 1. The molecule has 0 spiro atoms. The molecular formula is C19H16N2O3S. The maximum absolute atomic E-state index is 12.2. The number of ketones is 1. The molecule has 1 fully saturated rings. The minimum absolute atomic E-state index is 0.0228. The zero-order valence-corrected chi connectivity index (χ0v) is 14.5. The van der Waals surface area contributed by atoms with Crippen LogP contribution >= 0.6 is 11.3 Å². The number of thiazole rings is 1. The first-order chi connectivity index (χ1) is 12.1. The van der Waals surface area contributed by atoms with Gasteiger partial charge in [0.1, 0.15) is 6.10 Å². The summed E-state index contributed by atoms with van der Waals surface area (Å²) in [5.74, 6) is -0.380. The van der Waals surface area contributed by atoms with Gasteiger partial charge in [0, 0.05) is 5.56 Å². The zero-order chi connectivity index (χ0) is 17.4. The molecule has 126 valence electrons. The first-order valence-corrected chi connectivity index (χ1v) is 8.84. The Labute approximate surface area is 148 Å². The molecule has 3 aromatic rings. The largest absolute Gasteiger partial charge is 0.455 e. The molecule has 1 aliphatic heterocycles. The van der Waals surface area contributed by atoms with Crippen molar-refractivity contribution >= 4 is 38.4 Å². The van der Waals surface area contributed by atoms with Gasteiger partial charge in [-0.25, -0.2) is 9.78 Å². The molecule has 4 rings (SSSR count). The topological polar surface area (TPSA) is 59.5 Å². The Hall–Kier alpha value is -2.73. The van der Waals surface area contributed by atoms with Gasteiger partial charge in [-0.05, 0) is 31.2 Å². The number of carbonyl (C=O) groups is 2. The van der Waals surface area contributed by atoms with Crippen LogP contribution in [0.4, 0.5) is 5.13 Å². The lowest BCUT2D eigenvalue weighted by Crippen LogP contribution is -2.53. The molecule has 1 aliphatic rings. The number of Topliss-reactive ketones (excluding diaryl/α,β-unsaturated/α-hetero) is 1. The van der Waals surface area contributed by atoms with Gasteiger partial charge in [0.2, 0.25) is 0 Å². The predicted molar refractivity (Wildman–Crippen MR) is 97.5 cm³/mol. The van der Waals surface area contributed by atoms with Crippen LogP contribution < -0.4 is 4.90 Å². The quantitative estimate of drug-likeness (QED) is 0.531. The fraction of sp³-hybridized carbons (Fsp3) is 0.211. The Balaban J connectivity index is 1.36. The SMILES string of the molecule is CC(=O)c1ccc(C(=O)OC2CN(c3nc4ccccc4s3)C2)cc1. The average molecular weight is 352 g/mol. The molecule has 0 amide bonds. The molecule has 1 saturated heterocycles. The van der Waals surface area contributed by atoms with Gasteiger partial charge in [0.05, 0.1) is 28.9 Å². The van der Waals surface area contributed by atoms with Crippen LogP contribution in [-0.2, 0) is 4.74 Å². The lowest BCUT2D eigenvalue weighted by molar-refractivity contribution is 0.0234. The number of hydrogen-bond acceptors (Lipinski definition) is 6. The minimum atomic E-state index is -0.357. The van der Waals surface area contributed by atoms with E-state index in [9.17, 15) is 9.59 Å². The van der Waals surface area contributed by atoms with Crippen LogP contribution in [0.2, 0.25) is 0 Å². The number of anilines is 1. The number of hydrogen-bond donors (Lipinski definition) is 0. The number of carbonyl (C=O) groups excluding carboxylic acids is 2. The molecule has 2 aromatic carbocycles. The lowest BCUT2D eigenvalue weighted by Gasteiger charge is -2.38. The number of ether oxygens (including phenoxy) is 1. The first kappa shape index (κ1) is 15.8. The van der Waals surface area contributed by atoms with Gasteiger partial charge in [0.15, 0.2) is 10.9 Å². The summed E-state index contributed by atoms with van der Waals surface area (Å²) in [5, 5.41) is 0.958. The van der Waals surface area contributed by atoms with E-state index in [-0.39, 0.29) is 17.9 Å². The zero-order valence-electron chi connectivity index (χ0n) is 13.6. The number of nitrogens with zero attached hydrogens (tertiary/aromatic N) is 2. The first-order valence-electron chi connectivity index (χ1n) is 8.02. The van der Waals surface area contributed by atoms with Crippen molar-refractivity contribution in [1.82, 2.24) is 4.98 Å². The highest BCUT2D eigenvalue weighted by molar-refractivity contribution is 7.22. The summed E-state index contributed by atoms with van der Waals surface area (Å²) in [6, 6.07) is 14.6. The second kappa shape index (κ2) is 6.29. The summed E-state index contributed by atoms with van der Waals surface area (Å²) in [5.41, 5.74) is 2.04. The Bertz CT molecular complexity index is 910. The summed E-state index contributed by atoms with van der Waals surface area (Å²) >= 11 is 1.65. The van der Waals surface area contributed by atoms with E-state index < -0.39 is 0 Å². The Morgan fingerprint density at radius 3 is 2.44 bits per heavy atom. The smallest absolute Gasteiger partial charge is 0.338 e. The molecule has 0 aliphatic carbocycles. The molecular weight excluding hydrogens is 336 g/mol. The van der Waals surface area contributed by atoms with Crippen LogP contribution in [0.3, 0.4) is 0 Å². The van der Waals surface area contributed by atoms with Gasteiger partial charge >= 0.3 is 5.97 Å². The third-order valence-electron chi connectivity index (χ3n) is 4.20. The number of para-hydroxylation sites is 1. The van der Waals surface area contributed by atoms with Gasteiger partial charge in [-0.15, -0.1) is 0 Å². The van der Waals surface area contributed by atoms with Crippen molar-refractivity contribution in [3.63, 3.8) is 0 Å². The van der Waals surface area contributed by atoms with Gasteiger partial charge in [-0.2, -0.15) is 0 Å². The molecule has 0 bridgehead atoms. The Morgan fingerprint density at radius 1 is 1.08 bits per heavy atom. The number of aromatic nitrogens is 1. The standard InChI is InChI=1S/C19H16N2O3S/c1-12(22)13-6-8-14(9-7-13)18(23)24-15-10-21(11-15)19-20-16-4-2-3-5-17(16)25-19/h2-9,15H,10-11H2,1H3. The van der Waals surface area contributed by atoms with Crippen LogP contribution in [-0.4, -0.2) is 35.9 Å². The highest BCUT2D eigenvalue weighted by atomic mass is 32.1. The predicted octanol–water partition coefficient (Wildman–Crippen LogP) is 3.54. The fourth-order valence-electron chi connectivity index (χ4n) is 2.72. The molecule has 2 heterocycles.